The van der Waals surface area contributed by atoms with Crippen molar-refractivity contribution >= 4 is 58.5 Å². The van der Waals surface area contributed by atoms with E-state index in [1.54, 1.807) is 66.7 Å². The van der Waals surface area contributed by atoms with Crippen LogP contribution in [-0.2, 0) is 14.4 Å². The molecule has 0 aromatic heterocycles. The maximum Gasteiger partial charge on any atom is 0.329 e. The number of hydrogen-bond acceptors (Lipinski definition) is 6. The minimum absolute atomic E-state index is 0.251. The highest BCUT2D eigenvalue weighted by Gasteiger charge is 2.13. The fourth-order valence-corrected chi connectivity index (χ4v) is 3.10. The van der Waals surface area contributed by atoms with E-state index in [-0.39, 0.29) is 6.61 Å². The summed E-state index contributed by atoms with van der Waals surface area (Å²) in [6.07, 6.45) is 2.95. The molecule has 3 aromatic rings. The molecule has 0 unspecified atom stereocenters. The molecule has 37 heavy (non-hydrogen) atoms. The van der Waals surface area contributed by atoms with Gasteiger partial charge in [-0.3, -0.25) is 14.4 Å². The van der Waals surface area contributed by atoms with Crippen LogP contribution in [0.4, 0.5) is 11.4 Å². The van der Waals surface area contributed by atoms with Crippen LogP contribution >= 0.6 is 23.2 Å². The van der Waals surface area contributed by atoms with E-state index >= 15 is 0 Å². The van der Waals surface area contributed by atoms with Crippen LogP contribution in [0.3, 0.4) is 0 Å². The van der Waals surface area contributed by atoms with Gasteiger partial charge in [0.2, 0.25) is 0 Å². The Bertz CT molecular complexity index is 1310. The van der Waals surface area contributed by atoms with Crippen molar-refractivity contribution in [2.75, 3.05) is 23.8 Å². The van der Waals surface area contributed by atoms with Gasteiger partial charge in [-0.15, -0.1) is 0 Å². The van der Waals surface area contributed by atoms with Gasteiger partial charge >= 0.3 is 11.8 Å². The predicted molar refractivity (Wildman–Crippen MR) is 144 cm³/mol. The lowest BCUT2D eigenvalue weighted by Gasteiger charge is -2.08. The van der Waals surface area contributed by atoms with Gasteiger partial charge in [0, 0.05) is 11.4 Å². The number of carbonyl (C=O) groups is 3. The lowest BCUT2D eigenvalue weighted by atomic mass is 10.2. The molecule has 3 rings (SSSR count). The molecule has 0 aliphatic heterocycles. The van der Waals surface area contributed by atoms with Gasteiger partial charge in [-0.2, -0.15) is 5.10 Å². The fourth-order valence-electron chi connectivity index (χ4n) is 2.80. The van der Waals surface area contributed by atoms with E-state index in [1.807, 2.05) is 0 Å². The highest BCUT2D eigenvalue weighted by molar-refractivity contribution is 6.42. The second kappa shape index (κ2) is 13.7. The van der Waals surface area contributed by atoms with Gasteiger partial charge in [-0.05, 0) is 60.2 Å². The Morgan fingerprint density at radius 2 is 1.59 bits per heavy atom. The first-order valence-corrected chi connectivity index (χ1v) is 11.6. The number of anilines is 2. The zero-order chi connectivity index (χ0) is 26.6. The topological polar surface area (TPSA) is 118 Å². The summed E-state index contributed by atoms with van der Waals surface area (Å²) in [6.45, 7) is 3.67. The average molecular weight is 541 g/mol. The molecule has 0 radical (unpaired) electrons. The first-order chi connectivity index (χ1) is 17.8. The van der Waals surface area contributed by atoms with Crippen molar-refractivity contribution in [3.05, 3.63) is 95.0 Å². The Labute approximate surface area is 223 Å². The lowest BCUT2D eigenvalue weighted by molar-refractivity contribution is -0.136. The standard InChI is InChI=1S/C26H22Cl2N4O5/c1-2-12-36-20-9-6-18(7-10-20)31-25(34)26(35)32-29-15-17-4-3-5-21(13-17)37-16-24(33)30-19-8-11-22(27)23(28)14-19/h2-11,13-15H,1,12,16H2,(H,30,33)(H,31,34)(H,32,35)/b29-15-. The van der Waals surface area contributed by atoms with Gasteiger partial charge in [0.25, 0.3) is 5.91 Å². The maximum absolute atomic E-state index is 12.1. The highest BCUT2D eigenvalue weighted by atomic mass is 35.5. The smallest absolute Gasteiger partial charge is 0.329 e. The van der Waals surface area contributed by atoms with Crippen LogP contribution in [0, 0.1) is 0 Å². The highest BCUT2D eigenvalue weighted by Crippen LogP contribution is 2.25. The third-order valence-corrected chi connectivity index (χ3v) is 5.24. The van der Waals surface area contributed by atoms with Crippen molar-refractivity contribution in [3.63, 3.8) is 0 Å². The third kappa shape index (κ3) is 8.99. The van der Waals surface area contributed by atoms with Crippen molar-refractivity contribution in [3.8, 4) is 11.5 Å². The monoisotopic (exact) mass is 540 g/mol. The first-order valence-electron chi connectivity index (χ1n) is 10.8. The predicted octanol–water partition coefficient (Wildman–Crippen LogP) is 4.66. The molecule has 0 aliphatic rings. The van der Waals surface area contributed by atoms with Crippen LogP contribution in [0.1, 0.15) is 5.56 Å². The quantitative estimate of drug-likeness (QED) is 0.149. The molecule has 0 atom stereocenters. The summed E-state index contributed by atoms with van der Waals surface area (Å²) in [6, 6.07) is 17.9. The molecule has 0 bridgehead atoms. The molecule has 0 heterocycles. The van der Waals surface area contributed by atoms with E-state index in [2.05, 4.69) is 27.7 Å². The van der Waals surface area contributed by atoms with Crippen molar-refractivity contribution in [1.82, 2.24) is 5.43 Å². The minimum atomic E-state index is -0.949. The number of amides is 3. The van der Waals surface area contributed by atoms with E-state index < -0.39 is 17.7 Å². The van der Waals surface area contributed by atoms with E-state index in [1.165, 1.54) is 12.3 Å². The molecule has 3 N–H and O–H groups in total. The number of nitrogens with one attached hydrogen (secondary N) is 3. The Morgan fingerprint density at radius 3 is 2.32 bits per heavy atom. The molecule has 3 aromatic carbocycles. The van der Waals surface area contributed by atoms with Crippen molar-refractivity contribution in [2.45, 2.75) is 0 Å². The number of nitrogens with zero attached hydrogens (tertiary/aromatic N) is 1. The summed E-state index contributed by atoms with van der Waals surface area (Å²) in [5.41, 5.74) is 3.63. The Kier molecular flexibility index (Phi) is 10.1. The minimum Gasteiger partial charge on any atom is -0.490 e. The van der Waals surface area contributed by atoms with Crippen molar-refractivity contribution in [1.29, 1.82) is 0 Å². The third-order valence-electron chi connectivity index (χ3n) is 4.50. The summed E-state index contributed by atoms with van der Waals surface area (Å²) in [5.74, 6) is -1.23. The van der Waals surface area contributed by atoms with Gasteiger partial charge in [-0.1, -0.05) is 48.0 Å². The number of benzene rings is 3. The summed E-state index contributed by atoms with van der Waals surface area (Å²) >= 11 is 11.8. The molecule has 0 fully saturated rings. The van der Waals surface area contributed by atoms with Gasteiger partial charge in [-0.25, -0.2) is 5.43 Å². The molecule has 3 amide bonds. The zero-order valence-corrected chi connectivity index (χ0v) is 20.9. The van der Waals surface area contributed by atoms with Crippen LogP contribution < -0.4 is 25.5 Å². The molecule has 190 valence electrons. The first kappa shape index (κ1) is 27.3. The fraction of sp³-hybridized carbons (Fsp3) is 0.0769. The van der Waals surface area contributed by atoms with Crippen LogP contribution in [0.5, 0.6) is 11.5 Å². The van der Waals surface area contributed by atoms with Gasteiger partial charge in [0.15, 0.2) is 6.61 Å². The van der Waals surface area contributed by atoms with Crippen LogP contribution in [0.15, 0.2) is 84.5 Å². The molecular weight excluding hydrogens is 519 g/mol. The molecular formula is C26H22Cl2N4O5. The van der Waals surface area contributed by atoms with Crippen LogP contribution in [-0.4, -0.2) is 37.1 Å². The van der Waals surface area contributed by atoms with Crippen LogP contribution in [0.25, 0.3) is 0 Å². The summed E-state index contributed by atoms with van der Waals surface area (Å²) in [4.78, 5) is 36.2. The zero-order valence-electron chi connectivity index (χ0n) is 19.4. The second-order valence-corrected chi connectivity index (χ2v) is 8.13. The molecule has 0 saturated carbocycles. The normalized spacial score (nSPS) is 10.4. The Morgan fingerprint density at radius 1 is 0.838 bits per heavy atom. The molecule has 9 nitrogen and oxygen atoms in total. The molecule has 0 spiro atoms. The van der Waals surface area contributed by atoms with Gasteiger partial charge in [0.1, 0.15) is 18.1 Å². The molecule has 11 heteroatoms. The van der Waals surface area contributed by atoms with E-state index in [0.717, 1.165) is 0 Å². The molecule has 0 aliphatic carbocycles. The van der Waals surface area contributed by atoms with Gasteiger partial charge in [0.05, 0.1) is 16.3 Å². The molecule has 0 saturated heterocycles. The van der Waals surface area contributed by atoms with E-state index in [4.69, 9.17) is 32.7 Å². The maximum atomic E-state index is 12.1. The average Bonchev–Trinajstić information content (AvgIpc) is 2.89. The van der Waals surface area contributed by atoms with Crippen LogP contribution in [0.2, 0.25) is 10.0 Å². The van der Waals surface area contributed by atoms with Crippen molar-refractivity contribution in [2.24, 2.45) is 5.10 Å². The summed E-state index contributed by atoms with van der Waals surface area (Å²) in [5, 5.41) is 9.60. The number of carbonyl (C=O) groups excluding carboxylic acids is 3. The van der Waals surface area contributed by atoms with E-state index in [0.29, 0.717) is 45.1 Å². The van der Waals surface area contributed by atoms with Crippen molar-refractivity contribution < 1.29 is 23.9 Å². The Balaban J connectivity index is 1.45. The second-order valence-electron chi connectivity index (χ2n) is 7.32. The number of halogens is 2. The Hall–Kier alpha value is -4.34. The number of hydrazone groups is 1. The number of ether oxygens (including phenoxy) is 2. The summed E-state index contributed by atoms with van der Waals surface area (Å²) in [7, 11) is 0. The number of hydrogen-bond donors (Lipinski definition) is 3. The van der Waals surface area contributed by atoms with E-state index in [9.17, 15) is 14.4 Å². The number of rotatable bonds is 10. The van der Waals surface area contributed by atoms with Gasteiger partial charge < -0.3 is 20.1 Å². The summed E-state index contributed by atoms with van der Waals surface area (Å²) < 4.78 is 10.9. The largest absolute Gasteiger partial charge is 0.490 e. The SMILES string of the molecule is C=CCOc1ccc(NC(=O)C(=O)N/N=C\c2cccc(OCC(=O)Nc3ccc(Cl)c(Cl)c3)c2)cc1. The lowest BCUT2D eigenvalue weighted by Crippen LogP contribution is -2.32.